The molecule has 0 aromatic rings. The Labute approximate surface area is 94.7 Å². The third-order valence-electron chi connectivity index (χ3n) is 2.85. The van der Waals surface area contributed by atoms with E-state index < -0.39 is 0 Å². The molecule has 0 aromatic carbocycles. The first-order valence-corrected chi connectivity index (χ1v) is 6.21. The smallest absolute Gasteiger partial charge is 0.0163 e. The highest BCUT2D eigenvalue weighted by molar-refractivity contribution is 4.89. The summed E-state index contributed by atoms with van der Waals surface area (Å²) >= 11 is 0. The van der Waals surface area contributed by atoms with Crippen LogP contribution in [0.1, 0.15) is 33.6 Å². The molecule has 1 saturated carbocycles. The minimum absolute atomic E-state index is 0.598. The highest BCUT2D eigenvalue weighted by atomic mass is 15.2. The predicted molar refractivity (Wildman–Crippen MR) is 67.1 cm³/mol. The van der Waals surface area contributed by atoms with Crippen molar-refractivity contribution in [3.05, 3.63) is 12.7 Å². The molecule has 15 heavy (non-hydrogen) atoms. The van der Waals surface area contributed by atoms with Gasteiger partial charge in [-0.2, -0.15) is 0 Å². The van der Waals surface area contributed by atoms with Crippen molar-refractivity contribution in [1.82, 2.24) is 10.2 Å². The largest absolute Gasteiger partial charge is 0.314 e. The van der Waals surface area contributed by atoms with Gasteiger partial charge in [-0.3, -0.25) is 4.90 Å². The summed E-state index contributed by atoms with van der Waals surface area (Å²) in [5.74, 6) is 0.730. The van der Waals surface area contributed by atoms with E-state index >= 15 is 0 Å². The number of rotatable bonds is 8. The average Bonchev–Trinajstić information content (AvgIpc) is 2.97. The quantitative estimate of drug-likeness (QED) is 0.618. The van der Waals surface area contributed by atoms with Crippen LogP contribution in [0, 0.1) is 5.92 Å². The molecule has 0 spiro atoms. The van der Waals surface area contributed by atoms with Gasteiger partial charge in [-0.1, -0.05) is 26.8 Å². The Morgan fingerprint density at radius 3 is 2.53 bits per heavy atom. The van der Waals surface area contributed by atoms with Gasteiger partial charge in [0.15, 0.2) is 0 Å². The predicted octanol–water partition coefficient (Wildman–Crippen LogP) is 2.27. The number of hydrogen-bond acceptors (Lipinski definition) is 2. The zero-order valence-corrected chi connectivity index (χ0v) is 10.5. The van der Waals surface area contributed by atoms with Crippen molar-refractivity contribution < 1.29 is 0 Å². The number of nitrogens with zero attached hydrogens (tertiary/aromatic N) is 1. The van der Waals surface area contributed by atoms with Gasteiger partial charge >= 0.3 is 0 Å². The van der Waals surface area contributed by atoms with Crippen LogP contribution in [-0.4, -0.2) is 36.6 Å². The van der Waals surface area contributed by atoms with Crippen LogP contribution >= 0.6 is 0 Å². The van der Waals surface area contributed by atoms with Gasteiger partial charge in [0.05, 0.1) is 0 Å². The van der Waals surface area contributed by atoms with Gasteiger partial charge in [0.25, 0.3) is 0 Å². The standard InChI is InChI=1S/C13H26N2/c1-5-8-15(13-6-7-13)10-12(4)9-14-11(2)3/h5,11-14H,1,6-10H2,2-4H3. The van der Waals surface area contributed by atoms with Crippen molar-refractivity contribution in [1.29, 1.82) is 0 Å². The second kappa shape index (κ2) is 6.29. The number of nitrogens with one attached hydrogen (secondary N) is 1. The van der Waals surface area contributed by atoms with Crippen molar-refractivity contribution in [3.8, 4) is 0 Å². The SMILES string of the molecule is C=CCN(CC(C)CNC(C)C)C1CC1. The summed E-state index contributed by atoms with van der Waals surface area (Å²) in [6.45, 7) is 13.9. The van der Waals surface area contributed by atoms with Crippen LogP contribution in [0.3, 0.4) is 0 Å². The molecule has 0 amide bonds. The van der Waals surface area contributed by atoms with Crippen LogP contribution in [0.4, 0.5) is 0 Å². The van der Waals surface area contributed by atoms with Crippen LogP contribution in [0.15, 0.2) is 12.7 Å². The fraction of sp³-hybridized carbons (Fsp3) is 0.846. The van der Waals surface area contributed by atoms with E-state index in [0.717, 1.165) is 25.0 Å². The van der Waals surface area contributed by atoms with Crippen LogP contribution in [0.5, 0.6) is 0 Å². The Kier molecular flexibility index (Phi) is 5.34. The first-order valence-electron chi connectivity index (χ1n) is 6.21. The maximum atomic E-state index is 3.83. The van der Waals surface area contributed by atoms with Gasteiger partial charge in [-0.15, -0.1) is 6.58 Å². The first-order chi connectivity index (χ1) is 7.13. The fourth-order valence-corrected chi connectivity index (χ4v) is 1.88. The van der Waals surface area contributed by atoms with Crippen molar-refractivity contribution in [2.45, 2.75) is 45.7 Å². The van der Waals surface area contributed by atoms with Gasteiger partial charge in [0.1, 0.15) is 0 Å². The van der Waals surface area contributed by atoms with Crippen LogP contribution in [0.25, 0.3) is 0 Å². The summed E-state index contributed by atoms with van der Waals surface area (Å²) in [6, 6.07) is 1.45. The molecule has 1 unspecified atom stereocenters. The molecule has 1 fully saturated rings. The monoisotopic (exact) mass is 210 g/mol. The third-order valence-corrected chi connectivity index (χ3v) is 2.85. The lowest BCUT2D eigenvalue weighted by atomic mass is 10.1. The van der Waals surface area contributed by atoms with Crippen molar-refractivity contribution in [2.75, 3.05) is 19.6 Å². The first kappa shape index (κ1) is 12.7. The lowest BCUT2D eigenvalue weighted by Gasteiger charge is -2.25. The molecule has 0 aromatic heterocycles. The maximum absolute atomic E-state index is 3.83. The molecule has 0 aliphatic heterocycles. The van der Waals surface area contributed by atoms with E-state index in [4.69, 9.17) is 0 Å². The van der Waals surface area contributed by atoms with Crippen LogP contribution in [0.2, 0.25) is 0 Å². The van der Waals surface area contributed by atoms with E-state index in [-0.39, 0.29) is 0 Å². The van der Waals surface area contributed by atoms with Crippen LogP contribution < -0.4 is 5.32 Å². The summed E-state index contributed by atoms with van der Waals surface area (Å²) in [6.07, 6.45) is 4.80. The third kappa shape index (κ3) is 5.33. The second-order valence-corrected chi connectivity index (χ2v) is 5.14. The molecule has 0 heterocycles. The average molecular weight is 210 g/mol. The minimum Gasteiger partial charge on any atom is -0.314 e. The lowest BCUT2D eigenvalue weighted by Crippen LogP contribution is -2.36. The van der Waals surface area contributed by atoms with Gasteiger partial charge in [0, 0.05) is 25.2 Å². The van der Waals surface area contributed by atoms with E-state index in [1.165, 1.54) is 19.4 Å². The Balaban J connectivity index is 2.20. The molecule has 88 valence electrons. The Morgan fingerprint density at radius 1 is 1.40 bits per heavy atom. The summed E-state index contributed by atoms with van der Waals surface area (Å²) in [5.41, 5.74) is 0. The lowest BCUT2D eigenvalue weighted by molar-refractivity contribution is 0.245. The fourth-order valence-electron chi connectivity index (χ4n) is 1.88. The van der Waals surface area contributed by atoms with Gasteiger partial charge in [-0.25, -0.2) is 0 Å². The van der Waals surface area contributed by atoms with Gasteiger partial charge in [-0.05, 0) is 25.3 Å². The zero-order valence-electron chi connectivity index (χ0n) is 10.5. The van der Waals surface area contributed by atoms with E-state index in [9.17, 15) is 0 Å². The summed E-state index contributed by atoms with van der Waals surface area (Å²) in [4.78, 5) is 2.57. The molecule has 0 bridgehead atoms. The van der Waals surface area contributed by atoms with E-state index in [1.54, 1.807) is 0 Å². The molecule has 0 saturated heterocycles. The summed E-state index contributed by atoms with van der Waals surface area (Å²) in [5, 5.41) is 3.50. The van der Waals surface area contributed by atoms with Gasteiger partial charge < -0.3 is 5.32 Å². The van der Waals surface area contributed by atoms with Crippen LogP contribution in [-0.2, 0) is 0 Å². The summed E-state index contributed by atoms with van der Waals surface area (Å²) < 4.78 is 0. The molecule has 2 heteroatoms. The topological polar surface area (TPSA) is 15.3 Å². The van der Waals surface area contributed by atoms with Crippen molar-refractivity contribution >= 4 is 0 Å². The highest BCUT2D eigenvalue weighted by Gasteiger charge is 2.28. The molecule has 0 radical (unpaired) electrons. The molecular formula is C13H26N2. The maximum Gasteiger partial charge on any atom is 0.0163 e. The zero-order chi connectivity index (χ0) is 11.3. The summed E-state index contributed by atoms with van der Waals surface area (Å²) in [7, 11) is 0. The molecule has 1 aliphatic carbocycles. The molecule has 1 rings (SSSR count). The van der Waals surface area contributed by atoms with E-state index in [0.29, 0.717) is 6.04 Å². The normalized spacial score (nSPS) is 18.5. The van der Waals surface area contributed by atoms with E-state index in [1.807, 2.05) is 6.08 Å². The molecule has 2 nitrogen and oxygen atoms in total. The number of hydrogen-bond donors (Lipinski definition) is 1. The van der Waals surface area contributed by atoms with Crippen molar-refractivity contribution in [2.24, 2.45) is 5.92 Å². The molecule has 1 N–H and O–H groups in total. The molecule has 1 aliphatic rings. The van der Waals surface area contributed by atoms with Crippen molar-refractivity contribution in [3.63, 3.8) is 0 Å². The Morgan fingerprint density at radius 2 is 2.07 bits per heavy atom. The minimum atomic E-state index is 0.598. The second-order valence-electron chi connectivity index (χ2n) is 5.14. The Bertz CT molecular complexity index is 185. The molecule has 1 atom stereocenters. The van der Waals surface area contributed by atoms with Gasteiger partial charge in [0.2, 0.25) is 0 Å². The Hall–Kier alpha value is -0.340. The van der Waals surface area contributed by atoms with E-state index in [2.05, 4.69) is 37.6 Å². The molecular weight excluding hydrogens is 184 g/mol. The highest BCUT2D eigenvalue weighted by Crippen LogP contribution is 2.27.